The first-order valence-electron chi connectivity index (χ1n) is 10.4. The summed E-state index contributed by atoms with van der Waals surface area (Å²) in [5, 5.41) is 2.88. The Morgan fingerprint density at radius 2 is 1.61 bits per heavy atom. The van der Waals surface area contributed by atoms with Crippen molar-refractivity contribution in [2.75, 3.05) is 37.5 Å². The van der Waals surface area contributed by atoms with Crippen LogP contribution in [0.1, 0.15) is 29.6 Å². The Kier molecular flexibility index (Phi) is 6.31. The summed E-state index contributed by atoms with van der Waals surface area (Å²) in [5.41, 5.74) is 3.01. The molecular weight excluding hydrogens is 392 g/mol. The molecule has 0 unspecified atom stereocenters. The van der Waals surface area contributed by atoms with Gasteiger partial charge in [-0.2, -0.15) is 0 Å². The van der Waals surface area contributed by atoms with Crippen molar-refractivity contribution in [3.8, 4) is 22.6 Å². The van der Waals surface area contributed by atoms with Gasteiger partial charge in [-0.3, -0.25) is 4.79 Å². The van der Waals surface area contributed by atoms with Crippen molar-refractivity contribution in [1.82, 2.24) is 9.97 Å². The van der Waals surface area contributed by atoms with Crippen molar-refractivity contribution in [2.45, 2.75) is 19.3 Å². The van der Waals surface area contributed by atoms with E-state index in [1.165, 1.54) is 19.3 Å². The first-order valence-corrected chi connectivity index (χ1v) is 10.4. The van der Waals surface area contributed by atoms with E-state index < -0.39 is 0 Å². The smallest absolute Gasteiger partial charge is 0.255 e. The van der Waals surface area contributed by atoms with Crippen LogP contribution in [-0.4, -0.2) is 43.2 Å². The number of hydrogen-bond donors (Lipinski definition) is 1. The molecule has 0 saturated carbocycles. The van der Waals surface area contributed by atoms with Crippen LogP contribution in [0.3, 0.4) is 0 Å². The van der Waals surface area contributed by atoms with E-state index >= 15 is 0 Å². The quantitative estimate of drug-likeness (QED) is 0.639. The number of nitrogens with one attached hydrogen (secondary N) is 1. The van der Waals surface area contributed by atoms with Crippen LogP contribution >= 0.6 is 0 Å². The van der Waals surface area contributed by atoms with Gasteiger partial charge in [0.1, 0.15) is 11.5 Å². The highest BCUT2D eigenvalue weighted by Crippen LogP contribution is 2.29. The average molecular weight is 418 g/mol. The zero-order valence-corrected chi connectivity index (χ0v) is 17.8. The number of amides is 1. The lowest BCUT2D eigenvalue weighted by Crippen LogP contribution is -2.30. The third-order valence-electron chi connectivity index (χ3n) is 5.41. The molecule has 7 nitrogen and oxygen atoms in total. The van der Waals surface area contributed by atoms with Crippen LogP contribution in [-0.2, 0) is 0 Å². The maximum Gasteiger partial charge on any atom is 0.255 e. The number of aromatic nitrogens is 2. The van der Waals surface area contributed by atoms with Gasteiger partial charge in [-0.05, 0) is 49.1 Å². The Balaban J connectivity index is 1.45. The fraction of sp³-hybridized carbons (Fsp3) is 0.292. The summed E-state index contributed by atoms with van der Waals surface area (Å²) in [6, 6.07) is 12.6. The average Bonchev–Trinajstić information content (AvgIpc) is 2.85. The Labute approximate surface area is 182 Å². The zero-order chi connectivity index (χ0) is 21.6. The molecule has 1 amide bonds. The highest BCUT2D eigenvalue weighted by atomic mass is 16.5. The second kappa shape index (κ2) is 9.47. The van der Waals surface area contributed by atoms with Crippen molar-refractivity contribution in [3.63, 3.8) is 0 Å². The normalized spacial score (nSPS) is 13.5. The number of nitrogens with zero attached hydrogens (tertiary/aromatic N) is 3. The number of carbonyl (C=O) groups is 1. The zero-order valence-electron chi connectivity index (χ0n) is 17.8. The third-order valence-corrected chi connectivity index (χ3v) is 5.41. The molecular formula is C24H26N4O3. The topological polar surface area (TPSA) is 76.6 Å². The lowest BCUT2D eigenvalue weighted by molar-refractivity contribution is 0.102. The summed E-state index contributed by atoms with van der Waals surface area (Å²) in [6.07, 6.45) is 7.34. The van der Waals surface area contributed by atoms with Gasteiger partial charge in [0.15, 0.2) is 0 Å². The van der Waals surface area contributed by atoms with E-state index in [-0.39, 0.29) is 5.91 Å². The number of hydrogen-bond acceptors (Lipinski definition) is 6. The maximum atomic E-state index is 12.7. The van der Waals surface area contributed by atoms with Gasteiger partial charge in [0, 0.05) is 42.7 Å². The Hall–Kier alpha value is -3.61. The summed E-state index contributed by atoms with van der Waals surface area (Å²) in [7, 11) is 3.14. The van der Waals surface area contributed by atoms with Gasteiger partial charge in [0.25, 0.3) is 5.91 Å². The third kappa shape index (κ3) is 4.77. The van der Waals surface area contributed by atoms with Crippen LogP contribution in [0.4, 0.5) is 11.6 Å². The van der Waals surface area contributed by atoms with Crippen LogP contribution in [0, 0.1) is 0 Å². The molecule has 160 valence electrons. The van der Waals surface area contributed by atoms with Gasteiger partial charge in [0.05, 0.1) is 19.9 Å². The second-order valence-electron chi connectivity index (χ2n) is 7.42. The minimum atomic E-state index is -0.216. The molecule has 2 heterocycles. The molecule has 1 aromatic heterocycles. The molecule has 0 bridgehead atoms. The molecule has 2 aromatic carbocycles. The molecule has 1 N–H and O–H groups in total. The summed E-state index contributed by atoms with van der Waals surface area (Å²) in [4.78, 5) is 24.0. The van der Waals surface area contributed by atoms with Gasteiger partial charge in [-0.15, -0.1) is 0 Å². The SMILES string of the molecule is COc1ccc(NC(=O)c2ccc(-c3cnc(N4CCCCC4)nc3)cc2)c(OC)c1. The van der Waals surface area contributed by atoms with Crippen molar-refractivity contribution >= 4 is 17.5 Å². The fourth-order valence-corrected chi connectivity index (χ4v) is 3.64. The predicted molar refractivity (Wildman–Crippen MR) is 121 cm³/mol. The Morgan fingerprint density at radius 1 is 0.903 bits per heavy atom. The minimum absolute atomic E-state index is 0.216. The molecule has 0 spiro atoms. The molecule has 1 fully saturated rings. The van der Waals surface area contributed by atoms with E-state index in [0.717, 1.165) is 30.2 Å². The van der Waals surface area contributed by atoms with E-state index in [1.54, 1.807) is 44.6 Å². The minimum Gasteiger partial charge on any atom is -0.497 e. The second-order valence-corrected chi connectivity index (χ2v) is 7.42. The summed E-state index contributed by atoms with van der Waals surface area (Å²) in [6.45, 7) is 2.03. The standard InChI is InChI=1S/C24H26N4O3/c1-30-20-10-11-21(22(14-20)31-2)27-23(29)18-8-6-17(7-9-18)19-15-25-24(26-16-19)28-12-4-3-5-13-28/h6-11,14-16H,3-5,12-13H2,1-2H3,(H,27,29). The predicted octanol–water partition coefficient (Wildman–Crippen LogP) is 4.40. The van der Waals surface area contributed by atoms with Crippen LogP contribution in [0.5, 0.6) is 11.5 Å². The number of piperidine rings is 1. The monoisotopic (exact) mass is 418 g/mol. The fourth-order valence-electron chi connectivity index (χ4n) is 3.64. The van der Waals surface area contributed by atoms with Gasteiger partial charge >= 0.3 is 0 Å². The Bertz CT molecular complexity index is 1030. The van der Waals surface area contributed by atoms with Crippen molar-refractivity contribution in [3.05, 3.63) is 60.4 Å². The van der Waals surface area contributed by atoms with E-state index in [4.69, 9.17) is 9.47 Å². The molecule has 7 heteroatoms. The van der Waals surface area contributed by atoms with E-state index in [0.29, 0.717) is 22.7 Å². The number of ether oxygens (including phenoxy) is 2. The van der Waals surface area contributed by atoms with E-state index in [1.807, 2.05) is 24.5 Å². The highest BCUT2D eigenvalue weighted by Gasteiger charge is 2.14. The molecule has 31 heavy (non-hydrogen) atoms. The van der Waals surface area contributed by atoms with E-state index in [2.05, 4.69) is 20.2 Å². The van der Waals surface area contributed by atoms with Crippen LogP contribution in [0.15, 0.2) is 54.9 Å². The molecule has 1 saturated heterocycles. The van der Waals surface area contributed by atoms with Crippen LogP contribution in [0.2, 0.25) is 0 Å². The summed E-state index contributed by atoms with van der Waals surface area (Å²) >= 11 is 0. The number of carbonyl (C=O) groups excluding carboxylic acids is 1. The summed E-state index contributed by atoms with van der Waals surface area (Å²) in [5.74, 6) is 1.77. The molecule has 0 aliphatic carbocycles. The molecule has 0 atom stereocenters. The van der Waals surface area contributed by atoms with Gasteiger partial charge in [0.2, 0.25) is 5.95 Å². The van der Waals surface area contributed by atoms with Crippen molar-refractivity contribution in [1.29, 1.82) is 0 Å². The molecule has 3 aromatic rings. The van der Waals surface area contributed by atoms with Crippen LogP contribution in [0.25, 0.3) is 11.1 Å². The number of anilines is 2. The Morgan fingerprint density at radius 3 is 2.26 bits per heavy atom. The number of methoxy groups -OCH3 is 2. The van der Waals surface area contributed by atoms with Crippen LogP contribution < -0.4 is 19.7 Å². The van der Waals surface area contributed by atoms with Gasteiger partial charge in [-0.1, -0.05) is 12.1 Å². The van der Waals surface area contributed by atoms with Gasteiger partial charge in [-0.25, -0.2) is 9.97 Å². The number of rotatable bonds is 6. The molecule has 0 radical (unpaired) electrons. The molecule has 1 aliphatic heterocycles. The van der Waals surface area contributed by atoms with Gasteiger partial charge < -0.3 is 19.7 Å². The maximum absolute atomic E-state index is 12.7. The highest BCUT2D eigenvalue weighted by molar-refractivity contribution is 6.05. The molecule has 1 aliphatic rings. The summed E-state index contributed by atoms with van der Waals surface area (Å²) < 4.78 is 10.5. The first kappa shape index (κ1) is 20.7. The van der Waals surface area contributed by atoms with Crippen molar-refractivity contribution < 1.29 is 14.3 Å². The largest absolute Gasteiger partial charge is 0.497 e. The lowest BCUT2D eigenvalue weighted by atomic mass is 10.1. The van der Waals surface area contributed by atoms with E-state index in [9.17, 15) is 4.79 Å². The first-order chi connectivity index (χ1) is 15.2. The molecule has 4 rings (SSSR count). The van der Waals surface area contributed by atoms with Crippen molar-refractivity contribution in [2.24, 2.45) is 0 Å². The number of benzene rings is 2. The lowest BCUT2D eigenvalue weighted by Gasteiger charge is -2.26.